The number of hydrogen-bond donors (Lipinski definition) is 1. The van der Waals surface area contributed by atoms with Crippen LogP contribution in [0.4, 0.5) is 0 Å². The Hall–Kier alpha value is -0.410. The maximum Gasteiger partial charge on any atom is 0.0797 e. The predicted molar refractivity (Wildman–Crippen MR) is 65.4 cm³/mol. The van der Waals surface area contributed by atoms with E-state index in [4.69, 9.17) is 0 Å². The number of nitrogens with zero attached hydrogens (tertiary/aromatic N) is 1. The molecule has 1 fully saturated rings. The summed E-state index contributed by atoms with van der Waals surface area (Å²) in [6, 6.07) is 0.686. The van der Waals surface area contributed by atoms with Crippen LogP contribution in [-0.2, 0) is 6.42 Å². The maximum absolute atomic E-state index is 4.26. The Balaban J connectivity index is 1.63. The fourth-order valence-electron chi connectivity index (χ4n) is 1.94. The van der Waals surface area contributed by atoms with Gasteiger partial charge in [-0.05, 0) is 32.6 Å². The molecule has 1 aromatic heterocycles. The van der Waals surface area contributed by atoms with E-state index in [0.29, 0.717) is 6.04 Å². The van der Waals surface area contributed by atoms with Crippen LogP contribution in [0, 0.1) is 12.8 Å². The molecule has 0 spiro atoms. The van der Waals surface area contributed by atoms with Crippen LogP contribution in [0.15, 0.2) is 5.51 Å². The molecule has 2 rings (SSSR count). The van der Waals surface area contributed by atoms with Crippen LogP contribution in [0.2, 0.25) is 0 Å². The van der Waals surface area contributed by atoms with E-state index < -0.39 is 0 Å². The van der Waals surface area contributed by atoms with E-state index in [0.717, 1.165) is 18.9 Å². The first kappa shape index (κ1) is 11.1. The molecule has 1 aromatic rings. The second-order valence-corrected chi connectivity index (χ2v) is 5.58. The Morgan fingerprint density at radius 1 is 1.60 bits per heavy atom. The number of aryl methyl sites for hydroxylation is 1. The fraction of sp³-hybridized carbons (Fsp3) is 0.750. The molecule has 2 nitrogen and oxygen atoms in total. The van der Waals surface area contributed by atoms with Gasteiger partial charge in [-0.2, -0.15) is 0 Å². The van der Waals surface area contributed by atoms with E-state index in [1.54, 1.807) is 11.3 Å². The second kappa shape index (κ2) is 5.08. The topological polar surface area (TPSA) is 24.9 Å². The molecular formula is C12H20N2S. The Morgan fingerprint density at radius 3 is 3.00 bits per heavy atom. The number of thiazole rings is 1. The number of nitrogens with one attached hydrogen (secondary N) is 1. The smallest absolute Gasteiger partial charge is 0.0797 e. The molecule has 1 N–H and O–H groups in total. The highest BCUT2D eigenvalue weighted by Gasteiger charge is 2.23. The van der Waals surface area contributed by atoms with E-state index in [9.17, 15) is 0 Å². The van der Waals surface area contributed by atoms with E-state index in [1.807, 2.05) is 5.51 Å². The quantitative estimate of drug-likeness (QED) is 0.803. The molecule has 1 saturated carbocycles. The molecule has 0 saturated heterocycles. The minimum atomic E-state index is 0.686. The summed E-state index contributed by atoms with van der Waals surface area (Å²) in [4.78, 5) is 5.70. The molecule has 15 heavy (non-hydrogen) atoms. The lowest BCUT2D eigenvalue weighted by molar-refractivity contribution is 0.491. The largest absolute Gasteiger partial charge is 0.314 e. The first-order valence-corrected chi connectivity index (χ1v) is 6.76. The van der Waals surface area contributed by atoms with E-state index in [-0.39, 0.29) is 0 Å². The molecule has 0 aromatic carbocycles. The highest BCUT2D eigenvalue weighted by molar-refractivity contribution is 7.09. The van der Waals surface area contributed by atoms with Gasteiger partial charge < -0.3 is 5.32 Å². The lowest BCUT2D eigenvalue weighted by Crippen LogP contribution is -2.28. The number of aromatic nitrogens is 1. The second-order valence-electron chi connectivity index (χ2n) is 4.65. The maximum atomic E-state index is 4.26. The normalized spacial score (nSPS) is 18.0. The summed E-state index contributed by atoms with van der Waals surface area (Å²) >= 11 is 1.78. The summed E-state index contributed by atoms with van der Waals surface area (Å²) in [6.45, 7) is 5.49. The van der Waals surface area contributed by atoms with Crippen molar-refractivity contribution in [3.8, 4) is 0 Å². The van der Waals surface area contributed by atoms with Crippen molar-refractivity contribution in [3.05, 3.63) is 16.1 Å². The Morgan fingerprint density at radius 2 is 2.40 bits per heavy atom. The van der Waals surface area contributed by atoms with Crippen LogP contribution in [0.3, 0.4) is 0 Å². The average Bonchev–Trinajstić information content (AvgIpc) is 2.91. The summed E-state index contributed by atoms with van der Waals surface area (Å²) in [5.41, 5.74) is 3.15. The van der Waals surface area contributed by atoms with Crippen LogP contribution in [0.1, 0.15) is 36.8 Å². The van der Waals surface area contributed by atoms with Crippen LogP contribution in [0.5, 0.6) is 0 Å². The van der Waals surface area contributed by atoms with Gasteiger partial charge in [0.05, 0.1) is 11.2 Å². The molecule has 0 amide bonds. The lowest BCUT2D eigenvalue weighted by atomic mass is 10.1. The highest BCUT2D eigenvalue weighted by atomic mass is 32.1. The molecule has 0 radical (unpaired) electrons. The molecule has 0 aliphatic heterocycles. The van der Waals surface area contributed by atoms with Gasteiger partial charge in [-0.25, -0.2) is 4.98 Å². The van der Waals surface area contributed by atoms with Crippen LogP contribution < -0.4 is 5.32 Å². The van der Waals surface area contributed by atoms with Gasteiger partial charge in [0.15, 0.2) is 0 Å². The Labute approximate surface area is 96.1 Å². The van der Waals surface area contributed by atoms with Crippen molar-refractivity contribution >= 4 is 11.3 Å². The molecule has 1 heterocycles. The van der Waals surface area contributed by atoms with Crippen molar-refractivity contribution in [2.24, 2.45) is 5.92 Å². The van der Waals surface area contributed by atoms with Gasteiger partial charge in [-0.1, -0.05) is 12.8 Å². The first-order chi connectivity index (χ1) is 7.25. The number of rotatable bonds is 6. The summed E-state index contributed by atoms with van der Waals surface area (Å²) in [5, 5.41) is 3.60. The van der Waals surface area contributed by atoms with Crippen LogP contribution in [-0.4, -0.2) is 17.6 Å². The van der Waals surface area contributed by atoms with Gasteiger partial charge in [0.25, 0.3) is 0 Å². The van der Waals surface area contributed by atoms with Crippen molar-refractivity contribution in [1.82, 2.24) is 10.3 Å². The van der Waals surface area contributed by atoms with Crippen molar-refractivity contribution in [2.45, 2.75) is 45.6 Å². The molecule has 84 valence electrons. The van der Waals surface area contributed by atoms with Gasteiger partial charge in [0, 0.05) is 17.5 Å². The zero-order chi connectivity index (χ0) is 10.7. The molecular weight excluding hydrogens is 204 g/mol. The molecule has 1 aliphatic carbocycles. The summed E-state index contributed by atoms with van der Waals surface area (Å²) in [6.07, 6.45) is 5.41. The monoisotopic (exact) mass is 224 g/mol. The van der Waals surface area contributed by atoms with Crippen LogP contribution >= 0.6 is 11.3 Å². The zero-order valence-electron chi connectivity index (χ0n) is 9.62. The third-order valence-electron chi connectivity index (χ3n) is 3.07. The molecule has 0 bridgehead atoms. The standard InChI is InChI=1S/C12H20N2S/c1-9(7-11-3-4-11)13-6-5-12-10(2)14-8-15-12/h8-9,11,13H,3-7H2,1-2H3. The Bertz CT molecular complexity index is 304. The third kappa shape index (κ3) is 3.58. The predicted octanol–water partition coefficient (Wildman–Crippen LogP) is 2.77. The summed E-state index contributed by atoms with van der Waals surface area (Å²) in [5.74, 6) is 1.03. The van der Waals surface area contributed by atoms with Gasteiger partial charge >= 0.3 is 0 Å². The average molecular weight is 224 g/mol. The van der Waals surface area contributed by atoms with Gasteiger partial charge in [-0.15, -0.1) is 11.3 Å². The first-order valence-electron chi connectivity index (χ1n) is 5.88. The molecule has 3 heteroatoms. The number of hydrogen-bond acceptors (Lipinski definition) is 3. The van der Waals surface area contributed by atoms with Crippen molar-refractivity contribution < 1.29 is 0 Å². The van der Waals surface area contributed by atoms with Crippen molar-refractivity contribution in [1.29, 1.82) is 0 Å². The summed E-state index contributed by atoms with van der Waals surface area (Å²) in [7, 11) is 0. The van der Waals surface area contributed by atoms with Crippen LogP contribution in [0.25, 0.3) is 0 Å². The molecule has 1 aliphatic rings. The van der Waals surface area contributed by atoms with Crippen molar-refractivity contribution in [2.75, 3.05) is 6.54 Å². The highest BCUT2D eigenvalue weighted by Crippen LogP contribution is 2.33. The van der Waals surface area contributed by atoms with Crippen molar-refractivity contribution in [3.63, 3.8) is 0 Å². The fourth-order valence-corrected chi connectivity index (χ4v) is 2.72. The van der Waals surface area contributed by atoms with Gasteiger partial charge in [-0.3, -0.25) is 0 Å². The minimum Gasteiger partial charge on any atom is -0.314 e. The SMILES string of the molecule is Cc1ncsc1CCNC(C)CC1CC1. The zero-order valence-corrected chi connectivity index (χ0v) is 10.4. The summed E-state index contributed by atoms with van der Waals surface area (Å²) < 4.78 is 0. The van der Waals surface area contributed by atoms with E-state index in [2.05, 4.69) is 24.1 Å². The van der Waals surface area contributed by atoms with Gasteiger partial charge in [0.1, 0.15) is 0 Å². The lowest BCUT2D eigenvalue weighted by Gasteiger charge is -2.12. The van der Waals surface area contributed by atoms with Gasteiger partial charge in [0.2, 0.25) is 0 Å². The molecule has 1 atom stereocenters. The molecule has 1 unspecified atom stereocenters. The van der Waals surface area contributed by atoms with E-state index in [1.165, 1.54) is 29.8 Å². The minimum absolute atomic E-state index is 0.686. The Kier molecular flexibility index (Phi) is 3.76. The third-order valence-corrected chi connectivity index (χ3v) is 4.07. The van der Waals surface area contributed by atoms with E-state index >= 15 is 0 Å².